The van der Waals surface area contributed by atoms with E-state index in [9.17, 15) is 4.79 Å². The van der Waals surface area contributed by atoms with Crippen LogP contribution in [0.2, 0.25) is 0 Å². The van der Waals surface area contributed by atoms with E-state index in [1.54, 1.807) is 0 Å². The molecule has 0 saturated heterocycles. The standard InChI is InChI=1S/C12H25NO2S/c1-11(2,3)9(13)7-16-8-10(14)15-12(4,5)6/h9H,7-8,13H2,1-6H3. The van der Waals surface area contributed by atoms with Crippen LogP contribution in [0, 0.1) is 5.41 Å². The number of esters is 1. The lowest BCUT2D eigenvalue weighted by molar-refractivity contribution is -0.151. The quantitative estimate of drug-likeness (QED) is 0.775. The number of nitrogens with two attached hydrogens (primary N) is 1. The van der Waals surface area contributed by atoms with Crippen LogP contribution in [0.3, 0.4) is 0 Å². The first-order chi connectivity index (χ1) is 7.02. The van der Waals surface area contributed by atoms with Crippen LogP contribution < -0.4 is 5.73 Å². The molecule has 0 aliphatic heterocycles. The first-order valence-corrected chi connectivity index (χ1v) is 6.73. The average molecular weight is 247 g/mol. The van der Waals surface area contributed by atoms with Gasteiger partial charge < -0.3 is 10.5 Å². The highest BCUT2D eigenvalue weighted by Gasteiger charge is 2.21. The molecule has 0 bridgehead atoms. The Bertz CT molecular complexity index is 228. The zero-order chi connectivity index (χ0) is 13.0. The number of thioether (sulfide) groups is 1. The Balaban J connectivity index is 3.79. The first kappa shape index (κ1) is 15.8. The highest BCUT2D eigenvalue weighted by atomic mass is 32.2. The third kappa shape index (κ3) is 7.99. The molecular weight excluding hydrogens is 222 g/mol. The van der Waals surface area contributed by atoms with Crippen molar-refractivity contribution in [2.75, 3.05) is 11.5 Å². The molecule has 0 saturated carbocycles. The van der Waals surface area contributed by atoms with Crippen LogP contribution in [-0.4, -0.2) is 29.1 Å². The highest BCUT2D eigenvalue weighted by molar-refractivity contribution is 7.99. The molecule has 1 atom stereocenters. The lowest BCUT2D eigenvalue weighted by Crippen LogP contribution is -2.37. The lowest BCUT2D eigenvalue weighted by atomic mass is 9.89. The highest BCUT2D eigenvalue weighted by Crippen LogP contribution is 2.21. The van der Waals surface area contributed by atoms with Gasteiger partial charge in [0.1, 0.15) is 5.60 Å². The van der Waals surface area contributed by atoms with Crippen molar-refractivity contribution in [3.05, 3.63) is 0 Å². The van der Waals surface area contributed by atoms with Crippen molar-refractivity contribution in [3.8, 4) is 0 Å². The summed E-state index contributed by atoms with van der Waals surface area (Å²) >= 11 is 1.54. The molecule has 3 nitrogen and oxygen atoms in total. The molecule has 2 N–H and O–H groups in total. The monoisotopic (exact) mass is 247 g/mol. The van der Waals surface area contributed by atoms with Gasteiger partial charge in [0.2, 0.25) is 0 Å². The van der Waals surface area contributed by atoms with E-state index in [0.29, 0.717) is 5.75 Å². The fourth-order valence-corrected chi connectivity index (χ4v) is 1.99. The summed E-state index contributed by atoms with van der Waals surface area (Å²) in [5, 5.41) is 0. The third-order valence-corrected chi connectivity index (χ3v) is 3.08. The summed E-state index contributed by atoms with van der Waals surface area (Å²) in [6.07, 6.45) is 0. The number of hydrogen-bond donors (Lipinski definition) is 1. The van der Waals surface area contributed by atoms with E-state index in [4.69, 9.17) is 10.5 Å². The average Bonchev–Trinajstić information content (AvgIpc) is 1.98. The van der Waals surface area contributed by atoms with Gasteiger partial charge in [-0.1, -0.05) is 20.8 Å². The van der Waals surface area contributed by atoms with E-state index < -0.39 is 5.60 Å². The number of carbonyl (C=O) groups is 1. The normalized spacial score (nSPS) is 14.7. The minimum absolute atomic E-state index is 0.0843. The molecule has 0 aromatic rings. The Morgan fingerprint density at radius 3 is 2.12 bits per heavy atom. The summed E-state index contributed by atoms with van der Waals surface area (Å²) < 4.78 is 5.20. The van der Waals surface area contributed by atoms with Crippen molar-refractivity contribution in [2.24, 2.45) is 11.1 Å². The summed E-state index contributed by atoms with van der Waals surface area (Å²) in [4.78, 5) is 11.4. The molecule has 0 fully saturated rings. The number of hydrogen-bond acceptors (Lipinski definition) is 4. The summed E-state index contributed by atoms with van der Waals surface area (Å²) in [7, 11) is 0. The van der Waals surface area contributed by atoms with Gasteiger partial charge in [0, 0.05) is 11.8 Å². The van der Waals surface area contributed by atoms with Crippen LogP contribution in [0.4, 0.5) is 0 Å². The van der Waals surface area contributed by atoms with Crippen molar-refractivity contribution in [2.45, 2.75) is 53.2 Å². The topological polar surface area (TPSA) is 52.3 Å². The summed E-state index contributed by atoms with van der Waals surface area (Å²) in [5.74, 6) is 0.989. The molecule has 0 aliphatic carbocycles. The number of carbonyl (C=O) groups excluding carboxylic acids is 1. The SMILES string of the molecule is CC(C)(C)OC(=O)CSCC(N)C(C)(C)C. The molecule has 96 valence electrons. The van der Waals surface area contributed by atoms with Gasteiger partial charge in [-0.25, -0.2) is 0 Å². The Hall–Kier alpha value is -0.220. The molecule has 16 heavy (non-hydrogen) atoms. The van der Waals surface area contributed by atoms with Crippen LogP contribution in [-0.2, 0) is 9.53 Å². The maximum Gasteiger partial charge on any atom is 0.316 e. The minimum atomic E-state index is -0.399. The molecule has 0 rings (SSSR count). The van der Waals surface area contributed by atoms with Gasteiger partial charge in [0.05, 0.1) is 5.75 Å². The Labute approximate surface area is 103 Å². The predicted molar refractivity (Wildman–Crippen MR) is 70.6 cm³/mol. The predicted octanol–water partition coefficient (Wildman–Crippen LogP) is 2.43. The van der Waals surface area contributed by atoms with Gasteiger partial charge in [0.15, 0.2) is 0 Å². The van der Waals surface area contributed by atoms with Crippen LogP contribution in [0.1, 0.15) is 41.5 Å². The summed E-state index contributed by atoms with van der Waals surface area (Å²) in [6, 6.07) is 0.0972. The minimum Gasteiger partial charge on any atom is -0.459 e. The van der Waals surface area contributed by atoms with E-state index in [2.05, 4.69) is 20.8 Å². The fourth-order valence-electron chi connectivity index (χ4n) is 0.890. The molecule has 4 heteroatoms. The van der Waals surface area contributed by atoms with Gasteiger partial charge in [-0.15, -0.1) is 11.8 Å². The van der Waals surface area contributed by atoms with Crippen molar-refractivity contribution in [1.82, 2.24) is 0 Å². The fraction of sp³-hybridized carbons (Fsp3) is 0.917. The zero-order valence-electron chi connectivity index (χ0n) is 11.3. The van der Waals surface area contributed by atoms with Crippen molar-refractivity contribution >= 4 is 17.7 Å². The maximum atomic E-state index is 11.4. The molecular formula is C12H25NO2S. The molecule has 0 aliphatic rings. The van der Waals surface area contributed by atoms with Gasteiger partial charge in [-0.2, -0.15) is 0 Å². The molecule has 0 heterocycles. The Kier molecular flexibility index (Phi) is 5.84. The van der Waals surface area contributed by atoms with E-state index in [0.717, 1.165) is 5.75 Å². The van der Waals surface area contributed by atoms with E-state index in [-0.39, 0.29) is 17.4 Å². The summed E-state index contributed by atoms with van der Waals surface area (Å²) in [5.41, 5.74) is 5.68. The lowest BCUT2D eigenvalue weighted by Gasteiger charge is -2.26. The smallest absolute Gasteiger partial charge is 0.316 e. The van der Waals surface area contributed by atoms with E-state index in [1.165, 1.54) is 11.8 Å². The second-order valence-corrected chi connectivity index (χ2v) is 7.10. The summed E-state index contributed by atoms with van der Waals surface area (Å²) in [6.45, 7) is 11.9. The van der Waals surface area contributed by atoms with Crippen LogP contribution in [0.5, 0.6) is 0 Å². The van der Waals surface area contributed by atoms with E-state index in [1.807, 2.05) is 20.8 Å². The molecule has 1 unspecified atom stereocenters. The van der Waals surface area contributed by atoms with Crippen molar-refractivity contribution in [3.63, 3.8) is 0 Å². The first-order valence-electron chi connectivity index (χ1n) is 5.57. The van der Waals surface area contributed by atoms with Gasteiger partial charge in [-0.05, 0) is 26.2 Å². The zero-order valence-corrected chi connectivity index (χ0v) is 12.1. The van der Waals surface area contributed by atoms with Gasteiger partial charge in [-0.3, -0.25) is 4.79 Å². The second-order valence-electron chi connectivity index (χ2n) is 6.07. The van der Waals surface area contributed by atoms with Gasteiger partial charge >= 0.3 is 5.97 Å². The van der Waals surface area contributed by atoms with Crippen molar-refractivity contribution in [1.29, 1.82) is 0 Å². The van der Waals surface area contributed by atoms with Gasteiger partial charge in [0.25, 0.3) is 0 Å². The third-order valence-electron chi connectivity index (χ3n) is 2.05. The molecule has 0 aromatic carbocycles. The molecule has 0 spiro atoms. The Morgan fingerprint density at radius 1 is 1.25 bits per heavy atom. The number of ether oxygens (including phenoxy) is 1. The van der Waals surface area contributed by atoms with Crippen molar-refractivity contribution < 1.29 is 9.53 Å². The largest absolute Gasteiger partial charge is 0.459 e. The molecule has 0 amide bonds. The molecule has 0 aromatic heterocycles. The van der Waals surface area contributed by atoms with Crippen LogP contribution in [0.15, 0.2) is 0 Å². The molecule has 0 radical (unpaired) electrons. The number of rotatable bonds is 4. The Morgan fingerprint density at radius 2 is 1.75 bits per heavy atom. The van der Waals surface area contributed by atoms with Crippen LogP contribution >= 0.6 is 11.8 Å². The van der Waals surface area contributed by atoms with Crippen LogP contribution in [0.25, 0.3) is 0 Å². The van der Waals surface area contributed by atoms with E-state index >= 15 is 0 Å². The second kappa shape index (κ2) is 5.92. The maximum absolute atomic E-state index is 11.4.